The number of hydrogen-bond donors (Lipinski definition) is 2. The third-order valence-electron chi connectivity index (χ3n) is 3.32. The molecule has 0 aliphatic carbocycles. The smallest absolute Gasteiger partial charge is 0.284 e. The summed E-state index contributed by atoms with van der Waals surface area (Å²) in [4.78, 5) is 17.4. The van der Waals surface area contributed by atoms with Crippen LogP contribution in [0.25, 0.3) is 0 Å². The van der Waals surface area contributed by atoms with Crippen molar-refractivity contribution in [1.29, 1.82) is 0 Å². The van der Waals surface area contributed by atoms with Crippen LogP contribution in [0.3, 0.4) is 0 Å². The van der Waals surface area contributed by atoms with E-state index in [4.69, 9.17) is 10.2 Å². The molecule has 0 saturated heterocycles. The van der Waals surface area contributed by atoms with Crippen molar-refractivity contribution >= 4 is 11.9 Å². The van der Waals surface area contributed by atoms with Crippen LogP contribution >= 0.6 is 0 Å². The fourth-order valence-corrected chi connectivity index (χ4v) is 2.16. The van der Waals surface area contributed by atoms with Gasteiger partial charge in [0.1, 0.15) is 18.1 Å². The second kappa shape index (κ2) is 8.14. The third-order valence-corrected chi connectivity index (χ3v) is 3.32. The lowest BCUT2D eigenvalue weighted by Crippen LogP contribution is -2.38. The van der Waals surface area contributed by atoms with Crippen LogP contribution < -0.4 is 11.1 Å². The molecule has 7 heteroatoms. The number of aliphatic imine (C=N–C) groups is 1. The summed E-state index contributed by atoms with van der Waals surface area (Å²) in [5.41, 5.74) is 6.13. The van der Waals surface area contributed by atoms with E-state index in [0.717, 1.165) is 5.56 Å². The Morgan fingerprint density at radius 1 is 1.29 bits per heavy atom. The molecule has 0 aliphatic rings. The Kier molecular flexibility index (Phi) is 5.95. The number of halogens is 1. The monoisotopic (exact) mass is 332 g/mol. The Morgan fingerprint density at radius 2 is 2.00 bits per heavy atom. The average Bonchev–Trinajstić information content (AvgIpc) is 3.02. The number of rotatable bonds is 6. The van der Waals surface area contributed by atoms with E-state index < -0.39 is 5.91 Å². The molecular weight excluding hydrogens is 311 g/mol. The van der Waals surface area contributed by atoms with Crippen molar-refractivity contribution in [2.45, 2.75) is 20.0 Å². The van der Waals surface area contributed by atoms with Gasteiger partial charge in [0.05, 0.1) is 0 Å². The summed E-state index contributed by atoms with van der Waals surface area (Å²) < 4.78 is 18.3. The van der Waals surface area contributed by atoms with Crippen molar-refractivity contribution in [2.24, 2.45) is 10.7 Å². The van der Waals surface area contributed by atoms with Crippen LogP contribution in [0.5, 0.6) is 0 Å². The lowest BCUT2D eigenvalue weighted by Gasteiger charge is -2.22. The zero-order valence-electron chi connectivity index (χ0n) is 13.8. The van der Waals surface area contributed by atoms with Crippen LogP contribution in [0, 0.1) is 5.82 Å². The predicted molar refractivity (Wildman–Crippen MR) is 89.9 cm³/mol. The molecule has 0 fully saturated rings. The Labute approximate surface area is 140 Å². The van der Waals surface area contributed by atoms with Crippen molar-refractivity contribution in [3.05, 3.63) is 59.3 Å². The van der Waals surface area contributed by atoms with Gasteiger partial charge in [0.2, 0.25) is 0 Å². The first-order chi connectivity index (χ1) is 11.5. The minimum atomic E-state index is -0.606. The summed E-state index contributed by atoms with van der Waals surface area (Å²) in [5, 5.41) is 3.18. The SMILES string of the molecule is CCNC(=NCc1ccc(C(N)=O)o1)N(C)Cc1ccc(F)cc1. The van der Waals surface area contributed by atoms with Gasteiger partial charge in [0.15, 0.2) is 11.7 Å². The van der Waals surface area contributed by atoms with E-state index in [1.165, 1.54) is 18.2 Å². The minimum Gasteiger partial charge on any atom is -0.454 e. The number of nitrogens with one attached hydrogen (secondary N) is 1. The third kappa shape index (κ3) is 4.84. The van der Waals surface area contributed by atoms with E-state index in [-0.39, 0.29) is 18.1 Å². The van der Waals surface area contributed by atoms with Crippen molar-refractivity contribution in [1.82, 2.24) is 10.2 Å². The molecule has 0 bridgehead atoms. The van der Waals surface area contributed by atoms with Crippen LogP contribution in [0.15, 0.2) is 45.8 Å². The summed E-state index contributed by atoms with van der Waals surface area (Å²) in [6.45, 7) is 3.54. The van der Waals surface area contributed by atoms with E-state index >= 15 is 0 Å². The fourth-order valence-electron chi connectivity index (χ4n) is 2.16. The predicted octanol–water partition coefficient (Wildman–Crippen LogP) is 2.12. The van der Waals surface area contributed by atoms with E-state index in [1.807, 2.05) is 18.9 Å². The second-order valence-electron chi connectivity index (χ2n) is 5.28. The Morgan fingerprint density at radius 3 is 2.58 bits per heavy atom. The lowest BCUT2D eigenvalue weighted by molar-refractivity contribution is 0.0972. The van der Waals surface area contributed by atoms with E-state index in [1.54, 1.807) is 18.2 Å². The molecule has 0 atom stereocenters. The van der Waals surface area contributed by atoms with Crippen LogP contribution in [0.1, 0.15) is 28.8 Å². The van der Waals surface area contributed by atoms with Gasteiger partial charge in [-0.1, -0.05) is 12.1 Å². The summed E-state index contributed by atoms with van der Waals surface area (Å²) in [6, 6.07) is 9.54. The Balaban J connectivity index is 2.05. The summed E-state index contributed by atoms with van der Waals surface area (Å²) in [6.07, 6.45) is 0. The zero-order chi connectivity index (χ0) is 17.5. The number of amides is 1. The van der Waals surface area contributed by atoms with Gasteiger partial charge < -0.3 is 20.4 Å². The molecule has 24 heavy (non-hydrogen) atoms. The first-order valence-corrected chi connectivity index (χ1v) is 7.62. The van der Waals surface area contributed by atoms with Gasteiger partial charge in [-0.15, -0.1) is 0 Å². The van der Waals surface area contributed by atoms with Gasteiger partial charge in [-0.05, 0) is 36.8 Å². The van der Waals surface area contributed by atoms with Crippen molar-refractivity contribution in [3.63, 3.8) is 0 Å². The van der Waals surface area contributed by atoms with Crippen molar-refractivity contribution < 1.29 is 13.6 Å². The number of nitrogens with two attached hydrogens (primary N) is 1. The highest BCUT2D eigenvalue weighted by atomic mass is 19.1. The molecule has 1 amide bonds. The highest BCUT2D eigenvalue weighted by Gasteiger charge is 2.09. The van der Waals surface area contributed by atoms with Gasteiger partial charge >= 0.3 is 0 Å². The van der Waals surface area contributed by atoms with Crippen LogP contribution in [0.2, 0.25) is 0 Å². The molecule has 2 aromatic rings. The number of guanidine groups is 1. The molecule has 2 rings (SSSR count). The molecule has 1 heterocycles. The topological polar surface area (TPSA) is 83.9 Å². The van der Waals surface area contributed by atoms with Crippen molar-refractivity contribution in [2.75, 3.05) is 13.6 Å². The average molecular weight is 332 g/mol. The second-order valence-corrected chi connectivity index (χ2v) is 5.28. The molecule has 6 nitrogen and oxygen atoms in total. The van der Waals surface area contributed by atoms with Gasteiger partial charge in [0, 0.05) is 20.1 Å². The standard InChI is InChI=1S/C17H21FN4O2/c1-3-20-17(21-10-14-8-9-15(24-14)16(19)23)22(2)11-12-4-6-13(18)7-5-12/h4-9H,3,10-11H2,1-2H3,(H2,19,23)(H,20,21). The highest BCUT2D eigenvalue weighted by Crippen LogP contribution is 2.10. The number of carbonyl (C=O) groups excluding carboxylic acids is 1. The van der Waals surface area contributed by atoms with Gasteiger partial charge in [-0.25, -0.2) is 9.38 Å². The maximum absolute atomic E-state index is 13.0. The quantitative estimate of drug-likeness (QED) is 0.627. The number of primary amides is 1. The maximum atomic E-state index is 13.0. The van der Waals surface area contributed by atoms with Crippen LogP contribution in [-0.2, 0) is 13.1 Å². The molecule has 1 aromatic heterocycles. The lowest BCUT2D eigenvalue weighted by atomic mass is 10.2. The molecule has 0 saturated carbocycles. The zero-order valence-corrected chi connectivity index (χ0v) is 13.8. The number of nitrogens with zero attached hydrogens (tertiary/aromatic N) is 2. The van der Waals surface area contributed by atoms with Crippen LogP contribution in [0.4, 0.5) is 4.39 Å². The van der Waals surface area contributed by atoms with E-state index in [2.05, 4.69) is 10.3 Å². The van der Waals surface area contributed by atoms with E-state index in [9.17, 15) is 9.18 Å². The fraction of sp³-hybridized carbons (Fsp3) is 0.294. The summed E-state index contributed by atoms with van der Waals surface area (Å²) in [7, 11) is 1.89. The first-order valence-electron chi connectivity index (χ1n) is 7.62. The molecule has 0 spiro atoms. The maximum Gasteiger partial charge on any atom is 0.284 e. The highest BCUT2D eigenvalue weighted by molar-refractivity contribution is 5.89. The molecule has 3 N–H and O–H groups in total. The van der Waals surface area contributed by atoms with E-state index in [0.29, 0.717) is 24.8 Å². The molecule has 128 valence electrons. The van der Waals surface area contributed by atoms with Gasteiger partial charge in [0.25, 0.3) is 5.91 Å². The van der Waals surface area contributed by atoms with Gasteiger partial charge in [-0.3, -0.25) is 4.79 Å². The largest absolute Gasteiger partial charge is 0.454 e. The number of furan rings is 1. The molecular formula is C17H21FN4O2. The Bertz CT molecular complexity index is 710. The van der Waals surface area contributed by atoms with Crippen molar-refractivity contribution in [3.8, 4) is 0 Å². The molecule has 0 unspecified atom stereocenters. The minimum absolute atomic E-state index is 0.116. The number of carbonyl (C=O) groups is 1. The number of benzene rings is 1. The van der Waals surface area contributed by atoms with Crippen LogP contribution in [-0.4, -0.2) is 30.4 Å². The first kappa shape index (κ1) is 17.5. The summed E-state index contributed by atoms with van der Waals surface area (Å²) in [5.74, 6) is 0.480. The van der Waals surface area contributed by atoms with Gasteiger partial charge in [-0.2, -0.15) is 0 Å². The summed E-state index contributed by atoms with van der Waals surface area (Å²) >= 11 is 0. The normalized spacial score (nSPS) is 11.4. The molecule has 1 aromatic carbocycles. The molecule has 0 aliphatic heterocycles. The molecule has 0 radical (unpaired) electrons. The Hall–Kier alpha value is -2.83. The number of hydrogen-bond acceptors (Lipinski definition) is 3.